The number of aromatic nitrogens is 4. The van der Waals surface area contributed by atoms with Crippen LogP contribution in [0.2, 0.25) is 0 Å². The Bertz CT molecular complexity index is 1000. The van der Waals surface area contributed by atoms with E-state index in [0.717, 1.165) is 30.0 Å². The number of carbonyl (C=O) groups excluding carboxylic acids is 1. The Morgan fingerprint density at radius 3 is 2.41 bits per heavy atom. The minimum Gasteiger partial charge on any atom is -0.437 e. The second-order valence-electron chi connectivity index (χ2n) is 7.53. The highest BCUT2D eigenvalue weighted by Gasteiger charge is 2.29. The van der Waals surface area contributed by atoms with Crippen LogP contribution in [-0.2, 0) is 7.05 Å². The molecule has 0 aliphatic carbocycles. The van der Waals surface area contributed by atoms with Crippen molar-refractivity contribution in [1.82, 2.24) is 24.6 Å². The topological polar surface area (TPSA) is 73.1 Å². The van der Waals surface area contributed by atoms with Gasteiger partial charge in [-0.2, -0.15) is 5.10 Å². The molecule has 1 aromatic carbocycles. The van der Waals surface area contributed by atoms with Crippen molar-refractivity contribution < 1.29 is 9.53 Å². The summed E-state index contributed by atoms with van der Waals surface area (Å²) >= 11 is 0. The van der Waals surface area contributed by atoms with E-state index in [4.69, 9.17) is 4.74 Å². The number of carbonyl (C=O) groups is 1. The van der Waals surface area contributed by atoms with Crippen LogP contribution in [0.15, 0.2) is 42.9 Å². The fourth-order valence-electron chi connectivity index (χ4n) is 3.75. The summed E-state index contributed by atoms with van der Waals surface area (Å²) in [6.45, 7) is 5.27. The van der Waals surface area contributed by atoms with Crippen LogP contribution in [-0.4, -0.2) is 43.6 Å². The van der Waals surface area contributed by atoms with Crippen LogP contribution in [0.5, 0.6) is 11.6 Å². The van der Waals surface area contributed by atoms with Gasteiger partial charge in [-0.05, 0) is 38.8 Å². The van der Waals surface area contributed by atoms with Crippen LogP contribution < -0.4 is 4.74 Å². The van der Waals surface area contributed by atoms with Crippen molar-refractivity contribution in [3.63, 3.8) is 0 Å². The maximum atomic E-state index is 12.8. The molecular formula is C22H25N5O2. The Kier molecular flexibility index (Phi) is 5.29. The monoisotopic (exact) mass is 391 g/mol. The molecule has 0 atom stereocenters. The molecule has 1 aliphatic rings. The van der Waals surface area contributed by atoms with Gasteiger partial charge in [0, 0.05) is 44.6 Å². The van der Waals surface area contributed by atoms with Gasteiger partial charge in [-0.25, -0.2) is 4.98 Å². The largest absolute Gasteiger partial charge is 0.437 e. The second-order valence-corrected chi connectivity index (χ2v) is 7.53. The number of ether oxygens (including phenoxy) is 1. The number of piperidine rings is 1. The van der Waals surface area contributed by atoms with Crippen molar-refractivity contribution >= 4 is 5.91 Å². The first-order valence-electron chi connectivity index (χ1n) is 9.86. The molecule has 3 aromatic rings. The van der Waals surface area contributed by atoms with Crippen LogP contribution in [0.4, 0.5) is 0 Å². The van der Waals surface area contributed by atoms with Gasteiger partial charge in [0.05, 0.1) is 11.3 Å². The Morgan fingerprint density at radius 2 is 1.76 bits per heavy atom. The van der Waals surface area contributed by atoms with Gasteiger partial charge in [-0.1, -0.05) is 17.7 Å². The van der Waals surface area contributed by atoms with Crippen LogP contribution in [0.1, 0.15) is 46.1 Å². The molecule has 29 heavy (non-hydrogen) atoms. The highest BCUT2D eigenvalue weighted by Crippen LogP contribution is 2.34. The maximum Gasteiger partial charge on any atom is 0.257 e. The summed E-state index contributed by atoms with van der Waals surface area (Å²) in [7, 11) is 1.83. The molecule has 1 saturated heterocycles. The standard InChI is InChI=1S/C22H25N5O2/c1-15-4-6-18(7-5-15)29-21-20(23-10-11-24-21)17-8-12-27(13-9-17)22(28)19-14-26(3)25-16(19)2/h4-7,10-11,14,17H,8-9,12-13H2,1-3H3. The van der Waals surface area contributed by atoms with Crippen LogP contribution in [0.25, 0.3) is 0 Å². The predicted octanol–water partition coefficient (Wildman–Crippen LogP) is 3.64. The molecule has 3 heterocycles. The van der Waals surface area contributed by atoms with E-state index < -0.39 is 0 Å². The fraction of sp³-hybridized carbons (Fsp3) is 0.364. The van der Waals surface area contributed by atoms with Crippen molar-refractivity contribution in [3.05, 3.63) is 65.4 Å². The third-order valence-corrected chi connectivity index (χ3v) is 5.34. The molecule has 0 N–H and O–H groups in total. The molecule has 0 spiro atoms. The third kappa shape index (κ3) is 4.13. The maximum absolute atomic E-state index is 12.8. The summed E-state index contributed by atoms with van der Waals surface area (Å²) in [5.74, 6) is 1.55. The molecule has 0 unspecified atom stereocenters. The molecule has 7 heteroatoms. The first-order valence-corrected chi connectivity index (χ1v) is 9.86. The molecular weight excluding hydrogens is 366 g/mol. The fourth-order valence-corrected chi connectivity index (χ4v) is 3.75. The number of nitrogens with zero attached hydrogens (tertiary/aromatic N) is 5. The van der Waals surface area contributed by atoms with Crippen molar-refractivity contribution in [2.45, 2.75) is 32.6 Å². The Labute approximate surface area is 170 Å². The molecule has 0 bridgehead atoms. The van der Waals surface area contributed by atoms with Gasteiger partial charge in [-0.15, -0.1) is 0 Å². The summed E-state index contributed by atoms with van der Waals surface area (Å²) in [5, 5.41) is 4.28. The van der Waals surface area contributed by atoms with E-state index >= 15 is 0 Å². The van der Waals surface area contributed by atoms with Gasteiger partial charge in [0.15, 0.2) is 0 Å². The van der Waals surface area contributed by atoms with Crippen LogP contribution in [0.3, 0.4) is 0 Å². The molecule has 150 valence electrons. The number of rotatable bonds is 4. The van der Waals surface area contributed by atoms with E-state index in [1.54, 1.807) is 23.3 Å². The zero-order valence-electron chi connectivity index (χ0n) is 17.0. The Hall–Kier alpha value is -3.22. The van der Waals surface area contributed by atoms with Crippen molar-refractivity contribution in [3.8, 4) is 11.6 Å². The van der Waals surface area contributed by atoms with E-state index in [-0.39, 0.29) is 11.8 Å². The summed E-state index contributed by atoms with van der Waals surface area (Å²) in [6, 6.07) is 7.89. The average molecular weight is 391 g/mol. The van der Waals surface area contributed by atoms with Crippen LogP contribution in [0, 0.1) is 13.8 Å². The SMILES string of the molecule is Cc1ccc(Oc2nccnc2C2CCN(C(=O)c3cn(C)nc3C)CC2)cc1. The number of hydrogen-bond acceptors (Lipinski definition) is 5. The lowest BCUT2D eigenvalue weighted by Crippen LogP contribution is -2.38. The highest BCUT2D eigenvalue weighted by atomic mass is 16.5. The van der Waals surface area contributed by atoms with Gasteiger partial charge in [0.2, 0.25) is 5.88 Å². The zero-order valence-corrected chi connectivity index (χ0v) is 17.0. The molecule has 7 nitrogen and oxygen atoms in total. The highest BCUT2D eigenvalue weighted by molar-refractivity contribution is 5.95. The smallest absolute Gasteiger partial charge is 0.257 e. The molecule has 0 radical (unpaired) electrons. The van der Waals surface area contributed by atoms with Gasteiger partial charge in [-0.3, -0.25) is 14.5 Å². The van der Waals surface area contributed by atoms with E-state index in [9.17, 15) is 4.79 Å². The lowest BCUT2D eigenvalue weighted by molar-refractivity contribution is 0.0711. The Morgan fingerprint density at radius 1 is 1.07 bits per heavy atom. The van der Waals surface area contributed by atoms with Crippen molar-refractivity contribution in [2.75, 3.05) is 13.1 Å². The van der Waals surface area contributed by atoms with Crippen LogP contribution >= 0.6 is 0 Å². The van der Waals surface area contributed by atoms with E-state index in [1.807, 2.05) is 50.1 Å². The van der Waals surface area contributed by atoms with Gasteiger partial charge < -0.3 is 9.64 Å². The summed E-state index contributed by atoms with van der Waals surface area (Å²) in [6.07, 6.45) is 6.80. The number of likely N-dealkylation sites (tertiary alicyclic amines) is 1. The zero-order chi connectivity index (χ0) is 20.4. The lowest BCUT2D eigenvalue weighted by Gasteiger charge is -2.32. The van der Waals surface area contributed by atoms with E-state index in [0.29, 0.717) is 24.5 Å². The summed E-state index contributed by atoms with van der Waals surface area (Å²) in [4.78, 5) is 23.7. The predicted molar refractivity (Wildman–Crippen MR) is 109 cm³/mol. The summed E-state index contributed by atoms with van der Waals surface area (Å²) < 4.78 is 7.70. The molecule has 1 amide bonds. The molecule has 4 rings (SSSR count). The van der Waals surface area contributed by atoms with Gasteiger partial charge in [0.1, 0.15) is 11.4 Å². The van der Waals surface area contributed by atoms with E-state index in [2.05, 4.69) is 15.1 Å². The molecule has 1 fully saturated rings. The van der Waals surface area contributed by atoms with Gasteiger partial charge >= 0.3 is 0 Å². The molecule has 1 aliphatic heterocycles. The molecule has 2 aromatic heterocycles. The number of hydrogen-bond donors (Lipinski definition) is 0. The normalized spacial score (nSPS) is 14.8. The Balaban J connectivity index is 1.45. The van der Waals surface area contributed by atoms with E-state index in [1.165, 1.54) is 5.56 Å². The minimum atomic E-state index is 0.0457. The third-order valence-electron chi connectivity index (χ3n) is 5.34. The number of aryl methyl sites for hydroxylation is 3. The minimum absolute atomic E-state index is 0.0457. The summed E-state index contributed by atoms with van der Waals surface area (Å²) in [5.41, 5.74) is 3.48. The van der Waals surface area contributed by atoms with Gasteiger partial charge in [0.25, 0.3) is 5.91 Å². The van der Waals surface area contributed by atoms with Crippen molar-refractivity contribution in [2.24, 2.45) is 7.05 Å². The first kappa shape index (κ1) is 19.1. The number of amides is 1. The quantitative estimate of drug-likeness (QED) is 0.679. The van der Waals surface area contributed by atoms with Crippen molar-refractivity contribution in [1.29, 1.82) is 0 Å². The first-order chi connectivity index (χ1) is 14.0. The molecule has 0 saturated carbocycles. The lowest BCUT2D eigenvalue weighted by atomic mass is 9.93. The number of benzene rings is 1. The average Bonchev–Trinajstić information content (AvgIpc) is 3.08. The second kappa shape index (κ2) is 8.03.